The van der Waals surface area contributed by atoms with Crippen LogP contribution in [-0.4, -0.2) is 37.2 Å². The van der Waals surface area contributed by atoms with Crippen LogP contribution in [0.5, 0.6) is 0 Å². The van der Waals surface area contributed by atoms with E-state index in [1.54, 1.807) is 0 Å². The van der Waals surface area contributed by atoms with Crippen LogP contribution in [0, 0.1) is 0 Å². The van der Waals surface area contributed by atoms with Gasteiger partial charge in [-0.15, -0.1) is 0 Å². The summed E-state index contributed by atoms with van der Waals surface area (Å²) in [5.41, 5.74) is 0. The molecular weight excluding hydrogens is 1020 g/mol. The van der Waals surface area contributed by atoms with Crippen molar-refractivity contribution in [2.75, 3.05) is 13.2 Å². The zero-order valence-corrected chi connectivity index (χ0v) is 53.4. The second kappa shape index (κ2) is 69.3. The summed E-state index contributed by atoms with van der Waals surface area (Å²) in [5, 5.41) is 0. The van der Waals surface area contributed by atoms with Crippen LogP contribution < -0.4 is 0 Å². The maximum atomic E-state index is 12.9. The predicted octanol–water partition coefficient (Wildman–Crippen LogP) is 23.4. The van der Waals surface area contributed by atoms with E-state index in [1.807, 2.05) is 6.08 Å². The molecule has 0 aromatic rings. The van der Waals surface area contributed by atoms with Gasteiger partial charge in [-0.3, -0.25) is 14.4 Å². The van der Waals surface area contributed by atoms with Crippen molar-refractivity contribution in [1.29, 1.82) is 0 Å². The molecule has 0 aliphatic carbocycles. The standard InChI is InChI=1S/C77H122O6/c1-4-7-10-13-16-19-22-25-27-29-31-33-35-36-37-38-39-40-42-43-45-47-49-52-55-58-61-64-67-70-76(79)82-73-74(72-81-75(78)69-66-63-60-57-54-51-24-21-18-15-12-9-6-3)83-77(80)71-68-65-62-59-56-53-50-48-46-44-41-34-32-30-28-26-23-20-17-14-11-8-5-2/h7,9-10,12,16,18-19,21,23,25-27,30-33,36-37,39-41,43-45,51,54,60,63,74H,4-6,8,11,13-15,17,20,22,24,28-29,34-35,38,42,46-50,52-53,55-59,61-62,64-73H2,1-3H3/b10-7-,12-9-,19-16-,21-18-,26-23-,27-25-,32-30-,33-31-,37-36-,40-39-,44-41-,45-43-,54-51-,63-60-. The number of carbonyl (C=O) groups excluding carboxylic acids is 3. The molecule has 6 heteroatoms. The minimum absolute atomic E-state index is 0.116. The van der Waals surface area contributed by atoms with Crippen molar-refractivity contribution < 1.29 is 28.6 Å². The molecule has 0 aromatic carbocycles. The molecule has 0 rings (SSSR count). The van der Waals surface area contributed by atoms with E-state index >= 15 is 0 Å². The largest absolute Gasteiger partial charge is 0.462 e. The first-order valence-electron chi connectivity index (χ1n) is 33.6. The number of carbonyl (C=O) groups is 3. The molecule has 0 saturated heterocycles. The van der Waals surface area contributed by atoms with Gasteiger partial charge in [0.15, 0.2) is 6.10 Å². The molecule has 0 heterocycles. The summed E-state index contributed by atoms with van der Waals surface area (Å²) in [6.45, 7) is 6.32. The maximum Gasteiger partial charge on any atom is 0.306 e. The molecule has 0 amide bonds. The lowest BCUT2D eigenvalue weighted by molar-refractivity contribution is -0.166. The Morgan fingerprint density at radius 3 is 0.807 bits per heavy atom. The smallest absolute Gasteiger partial charge is 0.306 e. The summed E-state index contributed by atoms with van der Waals surface area (Å²) < 4.78 is 16.9. The lowest BCUT2D eigenvalue weighted by Gasteiger charge is -2.18. The third-order valence-electron chi connectivity index (χ3n) is 13.7. The fraction of sp³-hybridized carbons (Fsp3) is 0.597. The van der Waals surface area contributed by atoms with Gasteiger partial charge in [0, 0.05) is 19.3 Å². The van der Waals surface area contributed by atoms with Crippen LogP contribution >= 0.6 is 0 Å². The Morgan fingerprint density at radius 2 is 0.494 bits per heavy atom. The summed E-state index contributed by atoms with van der Waals surface area (Å²) >= 11 is 0. The molecule has 6 nitrogen and oxygen atoms in total. The molecule has 0 aliphatic heterocycles. The molecule has 1 atom stereocenters. The topological polar surface area (TPSA) is 78.9 Å². The van der Waals surface area contributed by atoms with Crippen LogP contribution in [-0.2, 0) is 28.6 Å². The second-order valence-electron chi connectivity index (χ2n) is 21.6. The maximum absolute atomic E-state index is 12.9. The Kier molecular flexibility index (Phi) is 64.9. The van der Waals surface area contributed by atoms with Crippen molar-refractivity contribution >= 4 is 17.9 Å². The molecule has 0 radical (unpaired) electrons. The molecular formula is C77H122O6. The number of rotatable bonds is 59. The van der Waals surface area contributed by atoms with Gasteiger partial charge in [0.2, 0.25) is 0 Å². The van der Waals surface area contributed by atoms with E-state index < -0.39 is 6.10 Å². The molecule has 466 valence electrons. The van der Waals surface area contributed by atoms with Gasteiger partial charge in [-0.05, 0) is 141 Å². The number of unbranched alkanes of at least 4 members (excludes halogenated alkanes) is 20. The van der Waals surface area contributed by atoms with E-state index in [0.717, 1.165) is 141 Å². The molecule has 0 spiro atoms. The normalized spacial score (nSPS) is 13.2. The van der Waals surface area contributed by atoms with Gasteiger partial charge in [0.05, 0.1) is 0 Å². The number of allylic oxidation sites excluding steroid dienone is 28. The predicted molar refractivity (Wildman–Crippen MR) is 361 cm³/mol. The Morgan fingerprint density at radius 1 is 0.253 bits per heavy atom. The third kappa shape index (κ3) is 67.4. The van der Waals surface area contributed by atoms with E-state index in [-0.39, 0.29) is 37.5 Å². The van der Waals surface area contributed by atoms with Crippen LogP contribution in [0.1, 0.15) is 278 Å². The highest BCUT2D eigenvalue weighted by Gasteiger charge is 2.19. The minimum Gasteiger partial charge on any atom is -0.462 e. The van der Waals surface area contributed by atoms with Crippen LogP contribution in [0.2, 0.25) is 0 Å². The molecule has 83 heavy (non-hydrogen) atoms. The van der Waals surface area contributed by atoms with E-state index in [9.17, 15) is 14.4 Å². The molecule has 0 N–H and O–H groups in total. The fourth-order valence-corrected chi connectivity index (χ4v) is 8.74. The zero-order valence-electron chi connectivity index (χ0n) is 53.4. The van der Waals surface area contributed by atoms with Gasteiger partial charge in [-0.1, -0.05) is 287 Å². The van der Waals surface area contributed by atoms with Crippen molar-refractivity contribution in [3.8, 4) is 0 Å². The van der Waals surface area contributed by atoms with Gasteiger partial charge in [0.25, 0.3) is 0 Å². The Labute approximate surface area is 511 Å². The lowest BCUT2D eigenvalue weighted by Crippen LogP contribution is -2.30. The van der Waals surface area contributed by atoms with Crippen molar-refractivity contribution in [2.24, 2.45) is 0 Å². The molecule has 0 aliphatic rings. The lowest BCUT2D eigenvalue weighted by atomic mass is 10.1. The summed E-state index contributed by atoms with van der Waals surface area (Å²) in [6.07, 6.45) is 102. The zero-order chi connectivity index (χ0) is 59.9. The monoisotopic (exact) mass is 1140 g/mol. The Balaban J connectivity index is 4.42. The quantitative estimate of drug-likeness (QED) is 0.0261. The number of hydrogen-bond donors (Lipinski definition) is 0. The highest BCUT2D eigenvalue weighted by Crippen LogP contribution is 2.14. The highest BCUT2D eigenvalue weighted by atomic mass is 16.6. The molecule has 0 saturated carbocycles. The van der Waals surface area contributed by atoms with Gasteiger partial charge in [-0.2, -0.15) is 0 Å². The van der Waals surface area contributed by atoms with Crippen LogP contribution in [0.25, 0.3) is 0 Å². The SMILES string of the molecule is CC/C=C\C/C=C\C/C=C\C/C=C\C/C=C\C/C=C\C/C=C\CCCCCCCCCC(=O)OCC(COC(=O)CC/C=C\C/C=C\C/C=C\C/C=C\CC)OC(=O)CCCCCCCCCC/C=C\C/C=C\C/C=C\CCCCCCC. The first kappa shape index (κ1) is 77.8. The average Bonchev–Trinajstić information content (AvgIpc) is 3.49. The van der Waals surface area contributed by atoms with Crippen molar-refractivity contribution in [3.05, 3.63) is 170 Å². The van der Waals surface area contributed by atoms with Crippen LogP contribution in [0.15, 0.2) is 170 Å². The first-order valence-corrected chi connectivity index (χ1v) is 33.6. The van der Waals surface area contributed by atoms with Crippen molar-refractivity contribution in [1.82, 2.24) is 0 Å². The third-order valence-corrected chi connectivity index (χ3v) is 13.7. The van der Waals surface area contributed by atoms with E-state index in [0.29, 0.717) is 19.3 Å². The van der Waals surface area contributed by atoms with Crippen molar-refractivity contribution in [3.63, 3.8) is 0 Å². The van der Waals surface area contributed by atoms with Crippen molar-refractivity contribution in [2.45, 2.75) is 284 Å². The minimum atomic E-state index is -0.826. The average molecular weight is 1140 g/mol. The summed E-state index contributed by atoms with van der Waals surface area (Å²) in [6, 6.07) is 0. The Bertz CT molecular complexity index is 1890. The first-order chi connectivity index (χ1) is 41.0. The summed E-state index contributed by atoms with van der Waals surface area (Å²) in [5.74, 6) is -1.02. The van der Waals surface area contributed by atoms with Crippen LogP contribution in [0.3, 0.4) is 0 Å². The molecule has 0 fully saturated rings. The van der Waals surface area contributed by atoms with Gasteiger partial charge in [-0.25, -0.2) is 0 Å². The van der Waals surface area contributed by atoms with Gasteiger partial charge < -0.3 is 14.2 Å². The van der Waals surface area contributed by atoms with Gasteiger partial charge >= 0.3 is 17.9 Å². The van der Waals surface area contributed by atoms with E-state index in [2.05, 4.69) is 185 Å². The molecule has 0 bridgehead atoms. The molecule has 1 unspecified atom stereocenters. The summed E-state index contributed by atoms with van der Waals surface area (Å²) in [4.78, 5) is 38.3. The van der Waals surface area contributed by atoms with Crippen LogP contribution in [0.4, 0.5) is 0 Å². The number of ether oxygens (including phenoxy) is 3. The van der Waals surface area contributed by atoms with Gasteiger partial charge in [0.1, 0.15) is 13.2 Å². The summed E-state index contributed by atoms with van der Waals surface area (Å²) in [7, 11) is 0. The highest BCUT2D eigenvalue weighted by molar-refractivity contribution is 5.71. The molecule has 0 aromatic heterocycles. The Hall–Kier alpha value is -5.23. The van der Waals surface area contributed by atoms with E-state index in [1.165, 1.54) is 89.9 Å². The number of esters is 3. The number of hydrogen-bond acceptors (Lipinski definition) is 6. The second-order valence-corrected chi connectivity index (χ2v) is 21.6. The fourth-order valence-electron chi connectivity index (χ4n) is 8.74. The van der Waals surface area contributed by atoms with E-state index in [4.69, 9.17) is 14.2 Å².